The summed E-state index contributed by atoms with van der Waals surface area (Å²) in [6, 6.07) is 14.4. The van der Waals surface area contributed by atoms with Crippen molar-refractivity contribution in [1.82, 2.24) is 4.98 Å². The number of hydrogen-bond donors (Lipinski definition) is 2. The van der Waals surface area contributed by atoms with Crippen LogP contribution >= 0.6 is 0 Å². The van der Waals surface area contributed by atoms with Gasteiger partial charge in [0, 0.05) is 37.4 Å². The van der Waals surface area contributed by atoms with Crippen LogP contribution in [0.25, 0.3) is 0 Å². The van der Waals surface area contributed by atoms with Gasteiger partial charge in [-0.2, -0.15) is 0 Å². The number of carbonyl (C=O) groups is 2. The van der Waals surface area contributed by atoms with Crippen LogP contribution in [0.4, 0.5) is 15.8 Å². The molecule has 0 bridgehead atoms. The van der Waals surface area contributed by atoms with E-state index in [-0.39, 0.29) is 17.6 Å². The van der Waals surface area contributed by atoms with Crippen LogP contribution in [0, 0.1) is 5.82 Å². The van der Waals surface area contributed by atoms with E-state index >= 15 is 0 Å². The number of anilines is 2. The first kappa shape index (κ1) is 22.4. The van der Waals surface area contributed by atoms with Gasteiger partial charge < -0.3 is 20.1 Å². The monoisotopic (exact) mass is 449 g/mol. The molecule has 8 heteroatoms. The number of aromatic nitrogens is 1. The quantitative estimate of drug-likeness (QED) is 0.590. The topological polar surface area (TPSA) is 89.5 Å². The van der Waals surface area contributed by atoms with Gasteiger partial charge in [-0.25, -0.2) is 4.39 Å². The second-order valence-corrected chi connectivity index (χ2v) is 7.77. The molecule has 0 radical (unpaired) electrons. The maximum Gasteiger partial charge on any atom is 0.257 e. The molecule has 1 fully saturated rings. The van der Waals surface area contributed by atoms with Crippen molar-refractivity contribution < 1.29 is 23.5 Å². The van der Waals surface area contributed by atoms with Crippen LogP contribution in [0.5, 0.6) is 5.75 Å². The minimum atomic E-state index is -0.827. The molecule has 1 aliphatic rings. The van der Waals surface area contributed by atoms with Crippen molar-refractivity contribution in [2.45, 2.75) is 18.3 Å². The van der Waals surface area contributed by atoms with Gasteiger partial charge in [-0.05, 0) is 54.8 Å². The number of ether oxygens (including phenoxy) is 2. The Morgan fingerprint density at radius 1 is 1.06 bits per heavy atom. The number of hydrogen-bond acceptors (Lipinski definition) is 5. The molecule has 0 spiro atoms. The second-order valence-electron chi connectivity index (χ2n) is 7.77. The Kier molecular flexibility index (Phi) is 6.65. The van der Waals surface area contributed by atoms with E-state index in [0.29, 0.717) is 48.7 Å². The van der Waals surface area contributed by atoms with Crippen LogP contribution in [0.1, 0.15) is 28.8 Å². The molecule has 7 nitrogen and oxygen atoms in total. The van der Waals surface area contributed by atoms with Gasteiger partial charge in [-0.15, -0.1) is 0 Å². The molecule has 1 saturated heterocycles. The molecule has 33 heavy (non-hydrogen) atoms. The van der Waals surface area contributed by atoms with Crippen LogP contribution in [-0.2, 0) is 14.9 Å². The van der Waals surface area contributed by atoms with Crippen molar-refractivity contribution in [2.24, 2.45) is 0 Å². The fraction of sp³-hybridized carbons (Fsp3) is 0.240. The normalized spacial score (nSPS) is 14.8. The first-order valence-corrected chi connectivity index (χ1v) is 10.6. The number of nitrogens with zero attached hydrogens (tertiary/aromatic N) is 1. The molecule has 0 atom stereocenters. The molecule has 4 rings (SSSR count). The van der Waals surface area contributed by atoms with E-state index in [4.69, 9.17) is 9.47 Å². The summed E-state index contributed by atoms with van der Waals surface area (Å²) in [6.07, 6.45) is 4.03. The van der Waals surface area contributed by atoms with Gasteiger partial charge in [0.2, 0.25) is 5.91 Å². The van der Waals surface area contributed by atoms with Crippen molar-refractivity contribution in [3.05, 3.63) is 83.9 Å². The van der Waals surface area contributed by atoms with E-state index in [0.717, 1.165) is 5.56 Å². The Balaban J connectivity index is 1.55. The van der Waals surface area contributed by atoms with Crippen molar-refractivity contribution in [3.63, 3.8) is 0 Å². The second kappa shape index (κ2) is 9.79. The summed E-state index contributed by atoms with van der Waals surface area (Å²) in [5, 5.41) is 5.75. The number of methoxy groups -OCH3 is 1. The number of benzene rings is 2. The fourth-order valence-corrected chi connectivity index (χ4v) is 3.95. The third kappa shape index (κ3) is 4.85. The molecule has 0 aliphatic carbocycles. The minimum Gasteiger partial charge on any atom is -0.494 e. The van der Waals surface area contributed by atoms with E-state index in [1.165, 1.54) is 25.4 Å². The fourth-order valence-electron chi connectivity index (χ4n) is 3.95. The summed E-state index contributed by atoms with van der Waals surface area (Å²) >= 11 is 0. The minimum absolute atomic E-state index is 0.202. The zero-order valence-electron chi connectivity index (χ0n) is 18.1. The number of pyridine rings is 1. The van der Waals surface area contributed by atoms with Crippen molar-refractivity contribution in [2.75, 3.05) is 31.0 Å². The number of halogens is 1. The average molecular weight is 449 g/mol. The van der Waals surface area contributed by atoms with E-state index in [2.05, 4.69) is 15.6 Å². The zero-order chi connectivity index (χ0) is 23.3. The van der Waals surface area contributed by atoms with Gasteiger partial charge in [-0.3, -0.25) is 14.6 Å². The van der Waals surface area contributed by atoms with Gasteiger partial charge in [0.15, 0.2) is 0 Å². The molecule has 2 heterocycles. The lowest BCUT2D eigenvalue weighted by atomic mass is 9.73. The summed E-state index contributed by atoms with van der Waals surface area (Å²) in [5.74, 6) is -0.481. The molecule has 3 aromatic rings. The number of carbonyl (C=O) groups excluding carboxylic acids is 2. The molecule has 2 aromatic carbocycles. The highest BCUT2D eigenvalue weighted by Crippen LogP contribution is 2.37. The lowest BCUT2D eigenvalue weighted by molar-refractivity contribution is -0.125. The van der Waals surface area contributed by atoms with Gasteiger partial charge in [0.1, 0.15) is 11.6 Å². The molecule has 0 unspecified atom stereocenters. The first-order chi connectivity index (χ1) is 16.0. The molecule has 2 N–H and O–H groups in total. The lowest BCUT2D eigenvalue weighted by Crippen LogP contribution is -2.44. The maximum atomic E-state index is 13.5. The summed E-state index contributed by atoms with van der Waals surface area (Å²) in [6.45, 7) is 0.876. The van der Waals surface area contributed by atoms with Crippen molar-refractivity contribution >= 4 is 23.2 Å². The summed E-state index contributed by atoms with van der Waals surface area (Å²) < 4.78 is 24.4. The molecular formula is C25H24FN3O4. The smallest absolute Gasteiger partial charge is 0.257 e. The van der Waals surface area contributed by atoms with Gasteiger partial charge in [0.05, 0.1) is 23.8 Å². The van der Waals surface area contributed by atoms with Crippen molar-refractivity contribution in [3.8, 4) is 5.75 Å². The number of nitrogens with one attached hydrogen (secondary N) is 2. The summed E-state index contributed by atoms with van der Waals surface area (Å²) in [5.41, 5.74) is 1.31. The Bertz CT molecular complexity index is 1130. The number of rotatable bonds is 6. The van der Waals surface area contributed by atoms with Gasteiger partial charge in [0.25, 0.3) is 5.91 Å². The highest BCUT2D eigenvalue weighted by Gasteiger charge is 2.41. The summed E-state index contributed by atoms with van der Waals surface area (Å²) in [7, 11) is 1.49. The highest BCUT2D eigenvalue weighted by atomic mass is 19.1. The maximum absolute atomic E-state index is 13.5. The first-order valence-electron chi connectivity index (χ1n) is 10.6. The SMILES string of the molecule is COc1cc(NC(=O)C2(c3ccc(F)cc3)CCOCC2)ccc1NC(=O)c1cccnc1. The predicted molar refractivity (Wildman–Crippen MR) is 122 cm³/mol. The van der Waals surface area contributed by atoms with Gasteiger partial charge in [-0.1, -0.05) is 12.1 Å². The highest BCUT2D eigenvalue weighted by molar-refractivity contribution is 6.05. The van der Waals surface area contributed by atoms with Crippen LogP contribution < -0.4 is 15.4 Å². The molecule has 1 aliphatic heterocycles. The average Bonchev–Trinajstić information content (AvgIpc) is 2.86. The van der Waals surface area contributed by atoms with E-state index < -0.39 is 5.41 Å². The lowest BCUT2D eigenvalue weighted by Gasteiger charge is -2.36. The molecule has 2 amide bonds. The van der Waals surface area contributed by atoms with Crippen LogP contribution in [-0.4, -0.2) is 37.1 Å². The Hall–Kier alpha value is -3.78. The Labute approximate surface area is 190 Å². The number of amides is 2. The van der Waals surface area contributed by atoms with Crippen LogP contribution in [0.3, 0.4) is 0 Å². The third-order valence-corrected chi connectivity index (χ3v) is 5.81. The standard InChI is InChI=1S/C25H24FN3O4/c1-32-22-15-20(8-9-21(22)29-23(30)17-3-2-12-27-16-17)28-24(31)25(10-13-33-14-11-25)18-4-6-19(26)7-5-18/h2-9,12,15-16H,10-11,13-14H2,1H3,(H,28,31)(H,29,30). The zero-order valence-corrected chi connectivity index (χ0v) is 18.1. The largest absolute Gasteiger partial charge is 0.494 e. The Morgan fingerprint density at radius 2 is 1.82 bits per heavy atom. The molecule has 170 valence electrons. The van der Waals surface area contributed by atoms with Crippen molar-refractivity contribution in [1.29, 1.82) is 0 Å². The molecule has 1 aromatic heterocycles. The van der Waals surface area contributed by atoms with E-state index in [1.807, 2.05) is 0 Å². The van der Waals surface area contributed by atoms with E-state index in [1.54, 1.807) is 48.7 Å². The van der Waals surface area contributed by atoms with Crippen LogP contribution in [0.2, 0.25) is 0 Å². The van der Waals surface area contributed by atoms with E-state index in [9.17, 15) is 14.0 Å². The summed E-state index contributed by atoms with van der Waals surface area (Å²) in [4.78, 5) is 29.9. The molecule has 0 saturated carbocycles. The van der Waals surface area contributed by atoms with Gasteiger partial charge >= 0.3 is 0 Å². The Morgan fingerprint density at radius 3 is 2.48 bits per heavy atom. The predicted octanol–water partition coefficient (Wildman–Crippen LogP) is 4.17. The third-order valence-electron chi connectivity index (χ3n) is 5.81. The van der Waals surface area contributed by atoms with Crippen LogP contribution in [0.15, 0.2) is 67.0 Å². The molecular weight excluding hydrogens is 425 g/mol.